The number of oxazole rings is 1. The average Bonchev–Trinajstić information content (AvgIpc) is 3.48. The fourth-order valence-corrected chi connectivity index (χ4v) is 4.89. The van der Waals surface area contributed by atoms with Gasteiger partial charge in [-0.2, -0.15) is 5.26 Å². The van der Waals surface area contributed by atoms with Gasteiger partial charge in [0, 0.05) is 17.8 Å². The molecular weight excluding hydrogens is 442 g/mol. The highest BCUT2D eigenvalue weighted by atomic mass is 32.1. The highest BCUT2D eigenvalue weighted by Gasteiger charge is 2.27. The zero-order valence-electron chi connectivity index (χ0n) is 18.1. The second kappa shape index (κ2) is 10.2. The summed E-state index contributed by atoms with van der Waals surface area (Å²) in [7, 11) is 1.61. The first-order valence-corrected chi connectivity index (χ1v) is 11.3. The van der Waals surface area contributed by atoms with Gasteiger partial charge in [-0.25, -0.2) is 9.78 Å². The molecule has 2 aromatic heterocycles. The number of carbonyl (C=O) groups is 2. The van der Waals surface area contributed by atoms with E-state index < -0.39 is 0 Å². The fourth-order valence-electron chi connectivity index (χ4n) is 3.66. The van der Waals surface area contributed by atoms with E-state index in [9.17, 15) is 14.9 Å². The molecule has 1 aliphatic heterocycles. The van der Waals surface area contributed by atoms with Gasteiger partial charge in [0.15, 0.2) is 0 Å². The van der Waals surface area contributed by atoms with E-state index in [0.29, 0.717) is 42.4 Å². The number of hydrogen-bond donors (Lipinski definition) is 2. The van der Waals surface area contributed by atoms with Crippen LogP contribution in [0.2, 0.25) is 0 Å². The molecule has 0 aliphatic carbocycles. The Morgan fingerprint density at radius 3 is 3.03 bits per heavy atom. The summed E-state index contributed by atoms with van der Waals surface area (Å²) in [5, 5.41) is 15.9. The third-order valence-corrected chi connectivity index (χ3v) is 6.49. The van der Waals surface area contributed by atoms with Crippen LogP contribution >= 0.6 is 11.3 Å². The number of fused-ring (bicyclic) bond motifs is 1. The molecule has 33 heavy (non-hydrogen) atoms. The Bertz CT molecular complexity index is 1180. The molecule has 0 radical (unpaired) electrons. The molecule has 1 aromatic carbocycles. The maximum Gasteiger partial charge on any atom is 0.318 e. The summed E-state index contributed by atoms with van der Waals surface area (Å²) < 4.78 is 10.4. The van der Waals surface area contributed by atoms with Crippen molar-refractivity contribution in [3.63, 3.8) is 0 Å². The lowest BCUT2D eigenvalue weighted by Crippen LogP contribution is -2.42. The Morgan fingerprint density at radius 1 is 1.39 bits per heavy atom. The summed E-state index contributed by atoms with van der Waals surface area (Å²) in [4.78, 5) is 31.6. The minimum absolute atomic E-state index is 0.159. The van der Waals surface area contributed by atoms with Crippen LogP contribution in [0.3, 0.4) is 0 Å². The summed E-state index contributed by atoms with van der Waals surface area (Å²) in [6, 6.07) is 9.59. The first-order valence-electron chi connectivity index (χ1n) is 10.5. The molecule has 0 fully saturated rings. The minimum Gasteiger partial charge on any atom is -0.497 e. The van der Waals surface area contributed by atoms with Crippen LogP contribution in [-0.4, -0.2) is 35.5 Å². The summed E-state index contributed by atoms with van der Waals surface area (Å²) in [6.45, 7) is 1.07. The quantitative estimate of drug-likeness (QED) is 0.551. The number of thiophene rings is 1. The van der Waals surface area contributed by atoms with E-state index in [4.69, 9.17) is 9.15 Å². The van der Waals surface area contributed by atoms with E-state index in [1.807, 2.05) is 24.3 Å². The topological polar surface area (TPSA) is 120 Å². The van der Waals surface area contributed by atoms with Gasteiger partial charge in [-0.05, 0) is 36.1 Å². The highest BCUT2D eigenvalue weighted by Crippen LogP contribution is 2.36. The van der Waals surface area contributed by atoms with Crippen LogP contribution < -0.4 is 15.4 Å². The van der Waals surface area contributed by atoms with Crippen LogP contribution in [0.5, 0.6) is 5.75 Å². The van der Waals surface area contributed by atoms with Gasteiger partial charge in [0.25, 0.3) is 0 Å². The molecule has 0 saturated heterocycles. The maximum atomic E-state index is 12.6. The molecule has 3 amide bonds. The number of urea groups is 1. The summed E-state index contributed by atoms with van der Waals surface area (Å²) >= 11 is 1.35. The molecule has 1 aliphatic rings. The standard InChI is InChI=1S/C23H23N5O4S/c1-31-16-4-2-3-15(11-16)5-6-20(29)27-22-18(12-24)17-7-9-28(14-19(17)33-22)23(30)26-13-21-25-8-10-32-21/h2-4,8,10-11H,5-7,9,13-14H2,1H3,(H,26,30)(H,27,29). The summed E-state index contributed by atoms with van der Waals surface area (Å²) in [5.74, 6) is 1.02. The predicted molar refractivity (Wildman–Crippen MR) is 122 cm³/mol. The molecule has 2 N–H and O–H groups in total. The van der Waals surface area contributed by atoms with Crippen molar-refractivity contribution in [1.29, 1.82) is 5.26 Å². The second-order valence-corrected chi connectivity index (χ2v) is 8.58. The van der Waals surface area contributed by atoms with E-state index in [0.717, 1.165) is 21.8 Å². The average molecular weight is 466 g/mol. The number of ether oxygens (including phenoxy) is 1. The van der Waals surface area contributed by atoms with Crippen LogP contribution in [-0.2, 0) is 30.7 Å². The number of anilines is 1. The fraction of sp³-hybridized carbons (Fsp3) is 0.304. The zero-order valence-corrected chi connectivity index (χ0v) is 18.9. The molecule has 3 heterocycles. The van der Waals surface area contributed by atoms with Crippen LogP contribution in [0.1, 0.15) is 33.9 Å². The molecule has 0 saturated carbocycles. The van der Waals surface area contributed by atoms with Crippen molar-refractivity contribution in [2.24, 2.45) is 0 Å². The van der Waals surface area contributed by atoms with Crippen molar-refractivity contribution in [2.45, 2.75) is 32.4 Å². The minimum atomic E-state index is -0.227. The lowest BCUT2D eigenvalue weighted by molar-refractivity contribution is -0.116. The third-order valence-electron chi connectivity index (χ3n) is 5.36. The van der Waals surface area contributed by atoms with Gasteiger partial charge in [0.1, 0.15) is 23.1 Å². The molecule has 170 valence electrons. The summed E-state index contributed by atoms with van der Waals surface area (Å²) in [5.41, 5.74) is 2.40. The van der Waals surface area contributed by atoms with Crippen molar-refractivity contribution >= 4 is 28.3 Å². The van der Waals surface area contributed by atoms with Gasteiger partial charge in [-0.1, -0.05) is 12.1 Å². The molecule has 0 unspecified atom stereocenters. The number of hydrogen-bond acceptors (Lipinski definition) is 7. The first-order chi connectivity index (χ1) is 16.1. The van der Waals surface area contributed by atoms with E-state index in [1.54, 1.807) is 12.0 Å². The third kappa shape index (κ3) is 5.32. The number of nitriles is 1. The van der Waals surface area contributed by atoms with Gasteiger partial charge in [-0.15, -0.1) is 11.3 Å². The van der Waals surface area contributed by atoms with E-state index >= 15 is 0 Å². The van der Waals surface area contributed by atoms with Crippen molar-refractivity contribution in [3.05, 3.63) is 64.2 Å². The van der Waals surface area contributed by atoms with Gasteiger partial charge in [0.2, 0.25) is 11.8 Å². The maximum absolute atomic E-state index is 12.6. The lowest BCUT2D eigenvalue weighted by Gasteiger charge is -2.26. The zero-order chi connectivity index (χ0) is 23.2. The smallest absolute Gasteiger partial charge is 0.318 e. The molecule has 0 atom stereocenters. The molecule has 3 aromatic rings. The van der Waals surface area contributed by atoms with Crippen molar-refractivity contribution < 1.29 is 18.7 Å². The lowest BCUT2D eigenvalue weighted by atomic mass is 10.0. The Labute approximate surface area is 195 Å². The van der Waals surface area contributed by atoms with Crippen LogP contribution in [0.15, 0.2) is 41.1 Å². The summed E-state index contributed by atoms with van der Waals surface area (Å²) in [6.07, 6.45) is 4.39. The predicted octanol–water partition coefficient (Wildman–Crippen LogP) is 3.46. The highest BCUT2D eigenvalue weighted by molar-refractivity contribution is 7.16. The van der Waals surface area contributed by atoms with Gasteiger partial charge in [-0.3, -0.25) is 4.79 Å². The molecule has 0 spiro atoms. The Balaban J connectivity index is 1.37. The van der Waals surface area contributed by atoms with E-state index in [-0.39, 0.29) is 24.9 Å². The Kier molecular flexibility index (Phi) is 6.90. The largest absolute Gasteiger partial charge is 0.497 e. The number of carbonyl (C=O) groups excluding carboxylic acids is 2. The molecule has 4 rings (SSSR count). The first kappa shape index (κ1) is 22.4. The van der Waals surface area contributed by atoms with Crippen LogP contribution in [0.25, 0.3) is 0 Å². The Hall–Kier alpha value is -3.84. The number of aromatic nitrogens is 1. The van der Waals surface area contributed by atoms with Gasteiger partial charge >= 0.3 is 6.03 Å². The van der Waals surface area contributed by atoms with Crippen LogP contribution in [0.4, 0.5) is 9.80 Å². The number of methoxy groups -OCH3 is 1. The normalized spacial score (nSPS) is 12.5. The van der Waals surface area contributed by atoms with Gasteiger partial charge in [0.05, 0.1) is 32.0 Å². The molecule has 0 bridgehead atoms. The number of rotatable bonds is 7. The van der Waals surface area contributed by atoms with Crippen molar-refractivity contribution in [2.75, 3.05) is 19.0 Å². The van der Waals surface area contributed by atoms with Gasteiger partial charge < -0.3 is 24.7 Å². The SMILES string of the molecule is COc1cccc(CCC(=O)Nc2sc3c(c2C#N)CCN(C(=O)NCc2ncco2)C3)c1. The number of nitrogens with zero attached hydrogens (tertiary/aromatic N) is 3. The van der Waals surface area contributed by atoms with Crippen molar-refractivity contribution in [3.8, 4) is 11.8 Å². The second-order valence-electron chi connectivity index (χ2n) is 7.48. The van der Waals surface area contributed by atoms with E-state index in [2.05, 4.69) is 21.7 Å². The monoisotopic (exact) mass is 465 g/mol. The number of nitrogens with one attached hydrogen (secondary N) is 2. The number of aryl methyl sites for hydroxylation is 1. The van der Waals surface area contributed by atoms with Crippen molar-refractivity contribution in [1.82, 2.24) is 15.2 Å². The number of benzene rings is 1. The molecular formula is C23H23N5O4S. The Morgan fingerprint density at radius 2 is 2.27 bits per heavy atom. The number of amides is 3. The van der Waals surface area contributed by atoms with E-state index in [1.165, 1.54) is 23.8 Å². The molecule has 10 heteroatoms. The molecule has 9 nitrogen and oxygen atoms in total. The van der Waals surface area contributed by atoms with Crippen LogP contribution in [0, 0.1) is 11.3 Å².